The number of aryl methyl sites for hydroxylation is 3. The molecule has 2 aromatic heterocycles. The first-order valence-electron chi connectivity index (χ1n) is 6.53. The third kappa shape index (κ3) is 1.76. The number of carbonyl (C=O) groups excluding carboxylic acids is 1. The topological polar surface area (TPSA) is 48.0 Å². The number of nitrogens with zero attached hydrogens (tertiary/aromatic N) is 2. The Morgan fingerprint density at radius 3 is 2.60 bits per heavy atom. The predicted molar refractivity (Wildman–Crippen MR) is 77.1 cm³/mol. The van der Waals surface area contributed by atoms with Crippen LogP contribution in [-0.4, -0.2) is 15.6 Å². The Morgan fingerprint density at radius 2 is 2.00 bits per heavy atom. The molecule has 0 spiro atoms. The van der Waals surface area contributed by atoms with Gasteiger partial charge in [-0.05, 0) is 32.4 Å². The highest BCUT2D eigenvalue weighted by molar-refractivity contribution is 6.10. The van der Waals surface area contributed by atoms with Crippen molar-refractivity contribution in [1.82, 2.24) is 9.78 Å². The SMILES string of the molecule is Cc1nn(C)c(C)c1C(=O)c1cc2cccc(C)c2o1. The first-order valence-corrected chi connectivity index (χ1v) is 6.53. The molecule has 0 aliphatic rings. The van der Waals surface area contributed by atoms with Gasteiger partial charge in [-0.3, -0.25) is 9.48 Å². The largest absolute Gasteiger partial charge is 0.452 e. The van der Waals surface area contributed by atoms with Crippen molar-refractivity contribution in [1.29, 1.82) is 0 Å². The molecule has 3 aromatic rings. The summed E-state index contributed by atoms with van der Waals surface area (Å²) in [5.74, 6) is 0.261. The lowest BCUT2D eigenvalue weighted by molar-refractivity contribution is 0.101. The number of rotatable bonds is 2. The third-order valence-corrected chi connectivity index (χ3v) is 3.70. The monoisotopic (exact) mass is 268 g/mol. The molecule has 20 heavy (non-hydrogen) atoms. The molecule has 1 aromatic carbocycles. The molecule has 0 N–H and O–H groups in total. The first kappa shape index (κ1) is 12.7. The molecule has 0 unspecified atom stereocenters. The smallest absolute Gasteiger partial charge is 0.231 e. The van der Waals surface area contributed by atoms with E-state index in [1.807, 2.05) is 46.0 Å². The number of aromatic nitrogens is 2. The summed E-state index contributed by atoms with van der Waals surface area (Å²) in [6, 6.07) is 7.69. The van der Waals surface area contributed by atoms with Crippen LogP contribution in [0.4, 0.5) is 0 Å². The zero-order chi connectivity index (χ0) is 14.4. The summed E-state index contributed by atoms with van der Waals surface area (Å²) >= 11 is 0. The van der Waals surface area contributed by atoms with Gasteiger partial charge in [-0.1, -0.05) is 18.2 Å². The van der Waals surface area contributed by atoms with Gasteiger partial charge in [0.15, 0.2) is 5.76 Å². The Labute approximate surface area is 117 Å². The summed E-state index contributed by atoms with van der Waals surface area (Å²) in [5, 5.41) is 5.23. The number of carbonyl (C=O) groups is 1. The van der Waals surface area contributed by atoms with E-state index in [0.717, 1.165) is 27.9 Å². The molecule has 0 aliphatic heterocycles. The van der Waals surface area contributed by atoms with E-state index in [9.17, 15) is 4.79 Å². The fourth-order valence-electron chi connectivity index (χ4n) is 2.55. The van der Waals surface area contributed by atoms with Gasteiger partial charge in [0.1, 0.15) is 5.58 Å². The number of ketones is 1. The van der Waals surface area contributed by atoms with Gasteiger partial charge in [0.2, 0.25) is 5.78 Å². The second kappa shape index (κ2) is 4.34. The van der Waals surface area contributed by atoms with E-state index in [1.165, 1.54) is 0 Å². The third-order valence-electron chi connectivity index (χ3n) is 3.70. The van der Waals surface area contributed by atoms with Gasteiger partial charge in [0.05, 0.1) is 11.3 Å². The fourth-order valence-corrected chi connectivity index (χ4v) is 2.55. The molecule has 0 bridgehead atoms. The number of fused-ring (bicyclic) bond motifs is 1. The summed E-state index contributed by atoms with van der Waals surface area (Å²) in [5.41, 5.74) is 4.01. The predicted octanol–water partition coefficient (Wildman–Crippen LogP) is 3.32. The average Bonchev–Trinajstić information content (AvgIpc) is 2.93. The van der Waals surface area contributed by atoms with E-state index in [2.05, 4.69) is 5.10 Å². The Bertz CT molecular complexity index is 824. The number of hydrogen-bond donors (Lipinski definition) is 0. The molecule has 3 rings (SSSR count). The molecule has 0 radical (unpaired) electrons. The molecule has 4 heteroatoms. The minimum atomic E-state index is -0.108. The van der Waals surface area contributed by atoms with Crippen molar-refractivity contribution in [2.75, 3.05) is 0 Å². The Hall–Kier alpha value is -2.36. The van der Waals surface area contributed by atoms with Crippen LogP contribution in [0, 0.1) is 20.8 Å². The molecule has 0 saturated heterocycles. The minimum absolute atomic E-state index is 0.108. The molecule has 102 valence electrons. The molecule has 0 aliphatic carbocycles. The summed E-state index contributed by atoms with van der Waals surface area (Å²) in [6.07, 6.45) is 0. The van der Waals surface area contributed by atoms with Crippen molar-refractivity contribution >= 4 is 16.8 Å². The van der Waals surface area contributed by atoms with Gasteiger partial charge in [-0.15, -0.1) is 0 Å². The van der Waals surface area contributed by atoms with Crippen molar-refractivity contribution in [3.63, 3.8) is 0 Å². The lowest BCUT2D eigenvalue weighted by Crippen LogP contribution is -2.03. The molecular weight excluding hydrogens is 252 g/mol. The van der Waals surface area contributed by atoms with E-state index in [0.29, 0.717) is 11.3 Å². The standard InChI is InChI=1S/C16H16N2O2/c1-9-6-5-7-12-8-13(20-16(9)12)15(19)14-10(2)17-18(4)11(14)3/h5-8H,1-4H3. The maximum absolute atomic E-state index is 12.6. The van der Waals surface area contributed by atoms with Crippen LogP contribution in [-0.2, 0) is 7.05 Å². The van der Waals surface area contributed by atoms with Crippen LogP contribution < -0.4 is 0 Å². The normalized spacial score (nSPS) is 11.2. The molecule has 2 heterocycles. The van der Waals surface area contributed by atoms with Gasteiger partial charge >= 0.3 is 0 Å². The molecule has 0 fully saturated rings. The van der Waals surface area contributed by atoms with Crippen LogP contribution in [0.3, 0.4) is 0 Å². The molecule has 0 atom stereocenters. The Morgan fingerprint density at radius 1 is 1.25 bits per heavy atom. The fraction of sp³-hybridized carbons (Fsp3) is 0.250. The quantitative estimate of drug-likeness (QED) is 0.670. The maximum atomic E-state index is 12.6. The van der Waals surface area contributed by atoms with Gasteiger partial charge in [0, 0.05) is 18.1 Å². The molecule has 0 amide bonds. The van der Waals surface area contributed by atoms with Crippen LogP contribution in [0.1, 0.15) is 33.1 Å². The van der Waals surface area contributed by atoms with Crippen molar-refractivity contribution in [3.8, 4) is 0 Å². The number of furan rings is 1. The summed E-state index contributed by atoms with van der Waals surface area (Å²) in [7, 11) is 1.84. The summed E-state index contributed by atoms with van der Waals surface area (Å²) in [6.45, 7) is 5.70. The van der Waals surface area contributed by atoms with Crippen LogP contribution in [0.15, 0.2) is 28.7 Å². The van der Waals surface area contributed by atoms with E-state index in [-0.39, 0.29) is 5.78 Å². The van der Waals surface area contributed by atoms with Crippen molar-refractivity contribution in [2.45, 2.75) is 20.8 Å². The van der Waals surface area contributed by atoms with Crippen LogP contribution in [0.2, 0.25) is 0 Å². The van der Waals surface area contributed by atoms with Gasteiger partial charge in [-0.25, -0.2) is 0 Å². The lowest BCUT2D eigenvalue weighted by Gasteiger charge is -1.98. The van der Waals surface area contributed by atoms with Crippen molar-refractivity contribution in [2.24, 2.45) is 7.05 Å². The van der Waals surface area contributed by atoms with Crippen LogP contribution >= 0.6 is 0 Å². The first-order chi connectivity index (χ1) is 9.49. The number of para-hydroxylation sites is 1. The van der Waals surface area contributed by atoms with Gasteiger partial charge in [-0.2, -0.15) is 5.10 Å². The summed E-state index contributed by atoms with van der Waals surface area (Å²) in [4.78, 5) is 12.6. The molecule has 4 nitrogen and oxygen atoms in total. The Kier molecular flexibility index (Phi) is 2.74. The molecular formula is C16H16N2O2. The van der Waals surface area contributed by atoms with Gasteiger partial charge in [0.25, 0.3) is 0 Å². The van der Waals surface area contributed by atoms with Crippen molar-refractivity contribution in [3.05, 3.63) is 52.5 Å². The number of hydrogen-bond acceptors (Lipinski definition) is 3. The zero-order valence-electron chi connectivity index (χ0n) is 12.0. The van der Waals surface area contributed by atoms with Crippen molar-refractivity contribution < 1.29 is 9.21 Å². The van der Waals surface area contributed by atoms with E-state index < -0.39 is 0 Å². The van der Waals surface area contributed by atoms with Gasteiger partial charge < -0.3 is 4.42 Å². The average molecular weight is 268 g/mol. The highest BCUT2D eigenvalue weighted by atomic mass is 16.3. The lowest BCUT2D eigenvalue weighted by atomic mass is 10.1. The highest BCUT2D eigenvalue weighted by Gasteiger charge is 2.22. The summed E-state index contributed by atoms with van der Waals surface area (Å²) < 4.78 is 7.47. The maximum Gasteiger partial charge on any atom is 0.231 e. The molecule has 0 saturated carbocycles. The second-order valence-electron chi connectivity index (χ2n) is 5.10. The second-order valence-corrected chi connectivity index (χ2v) is 5.10. The van der Waals surface area contributed by atoms with E-state index in [1.54, 1.807) is 10.7 Å². The van der Waals surface area contributed by atoms with E-state index in [4.69, 9.17) is 4.42 Å². The Balaban J connectivity index is 2.15. The van der Waals surface area contributed by atoms with E-state index >= 15 is 0 Å². The van der Waals surface area contributed by atoms with Crippen LogP contribution in [0.25, 0.3) is 11.0 Å². The zero-order valence-corrected chi connectivity index (χ0v) is 12.0. The minimum Gasteiger partial charge on any atom is -0.452 e. The highest BCUT2D eigenvalue weighted by Crippen LogP contribution is 2.25. The van der Waals surface area contributed by atoms with Crippen LogP contribution in [0.5, 0.6) is 0 Å². The number of benzene rings is 1.